The highest BCUT2D eigenvalue weighted by Gasteiger charge is 2.24. The molecule has 1 saturated heterocycles. The highest BCUT2D eigenvalue weighted by atomic mass is 32.1. The molecule has 1 aliphatic rings. The molecule has 0 aliphatic carbocycles. The lowest BCUT2D eigenvalue weighted by Crippen LogP contribution is -2.49. The number of hydrogen-bond donors (Lipinski definition) is 1. The topological polar surface area (TPSA) is 48.5 Å². The zero-order chi connectivity index (χ0) is 20.4. The van der Waals surface area contributed by atoms with Gasteiger partial charge in [-0.2, -0.15) is 0 Å². The van der Waals surface area contributed by atoms with Crippen LogP contribution in [0, 0.1) is 20.8 Å². The molecule has 1 aliphatic heterocycles. The molecule has 29 heavy (non-hydrogen) atoms. The normalized spacial score (nSPS) is 14.2. The fourth-order valence-corrected chi connectivity index (χ4v) is 4.37. The van der Waals surface area contributed by atoms with Gasteiger partial charge in [-0.3, -0.25) is 4.79 Å². The van der Waals surface area contributed by atoms with Crippen molar-refractivity contribution >= 4 is 33.8 Å². The van der Waals surface area contributed by atoms with Crippen LogP contribution in [0.15, 0.2) is 47.8 Å². The summed E-state index contributed by atoms with van der Waals surface area (Å²) in [5, 5.41) is 5.88. The predicted molar refractivity (Wildman–Crippen MR) is 121 cm³/mol. The first-order chi connectivity index (χ1) is 14.0. The Labute approximate surface area is 176 Å². The van der Waals surface area contributed by atoms with Gasteiger partial charge in [-0.05, 0) is 55.7 Å². The van der Waals surface area contributed by atoms with Gasteiger partial charge >= 0.3 is 0 Å². The second-order valence-electron chi connectivity index (χ2n) is 7.53. The fourth-order valence-electron chi connectivity index (χ4n) is 3.67. The highest BCUT2D eigenvalue weighted by Crippen LogP contribution is 2.25. The van der Waals surface area contributed by atoms with E-state index >= 15 is 0 Å². The molecule has 6 heteroatoms. The van der Waals surface area contributed by atoms with Crippen molar-refractivity contribution in [3.63, 3.8) is 0 Å². The summed E-state index contributed by atoms with van der Waals surface area (Å²) in [5.41, 5.74) is 6.58. The Morgan fingerprint density at radius 3 is 2.55 bits per heavy atom. The van der Waals surface area contributed by atoms with E-state index in [9.17, 15) is 4.79 Å². The summed E-state index contributed by atoms with van der Waals surface area (Å²) in [7, 11) is 0. The van der Waals surface area contributed by atoms with E-state index in [0.29, 0.717) is 18.8 Å². The fraction of sp³-hybridized carbons (Fsp3) is 0.304. The van der Waals surface area contributed by atoms with Crippen molar-refractivity contribution in [2.24, 2.45) is 0 Å². The molecule has 2 heterocycles. The third-order valence-corrected chi connectivity index (χ3v) is 6.23. The van der Waals surface area contributed by atoms with Crippen LogP contribution in [-0.2, 0) is 0 Å². The van der Waals surface area contributed by atoms with Crippen LogP contribution in [0.5, 0.6) is 0 Å². The quantitative estimate of drug-likeness (QED) is 0.678. The number of aromatic nitrogens is 1. The third-order valence-electron chi connectivity index (χ3n) is 5.48. The zero-order valence-corrected chi connectivity index (χ0v) is 17.9. The molecule has 0 bridgehead atoms. The first-order valence-corrected chi connectivity index (χ1v) is 10.8. The maximum Gasteiger partial charge on any atom is 0.273 e. The molecule has 0 radical (unpaired) electrons. The van der Waals surface area contributed by atoms with Gasteiger partial charge in [0.25, 0.3) is 5.91 Å². The minimum atomic E-state index is 0.0131. The number of rotatable bonds is 4. The summed E-state index contributed by atoms with van der Waals surface area (Å²) in [6, 6.07) is 14.5. The molecule has 1 amide bonds. The number of piperazine rings is 1. The number of aryl methyl sites for hydroxylation is 2. The van der Waals surface area contributed by atoms with E-state index in [1.54, 1.807) is 0 Å². The second kappa shape index (κ2) is 8.25. The summed E-state index contributed by atoms with van der Waals surface area (Å²) >= 11 is 1.46. The van der Waals surface area contributed by atoms with Gasteiger partial charge in [0.05, 0.1) is 0 Å². The number of thiazole rings is 1. The predicted octanol–water partition coefficient (Wildman–Crippen LogP) is 4.77. The molecule has 1 N–H and O–H groups in total. The summed E-state index contributed by atoms with van der Waals surface area (Å²) in [5.74, 6) is 0.0131. The number of carbonyl (C=O) groups excluding carboxylic acids is 1. The Kier molecular flexibility index (Phi) is 5.53. The van der Waals surface area contributed by atoms with E-state index in [1.165, 1.54) is 33.7 Å². The number of carbonyl (C=O) groups is 1. The lowest BCUT2D eigenvalue weighted by molar-refractivity contribution is 0.0742. The SMILES string of the molecule is Cc1cccc(Nc2nc(C(=O)N3CCN(c4cccc(C)c4C)CC3)cs2)c1. The van der Waals surface area contributed by atoms with Crippen LogP contribution in [-0.4, -0.2) is 42.0 Å². The molecule has 4 rings (SSSR count). The molecule has 1 fully saturated rings. The van der Waals surface area contributed by atoms with Gasteiger partial charge < -0.3 is 15.1 Å². The summed E-state index contributed by atoms with van der Waals surface area (Å²) in [6.07, 6.45) is 0. The number of nitrogens with zero attached hydrogens (tertiary/aromatic N) is 3. The average Bonchev–Trinajstić information content (AvgIpc) is 3.18. The molecule has 150 valence electrons. The average molecular weight is 407 g/mol. The van der Waals surface area contributed by atoms with Crippen molar-refractivity contribution in [1.82, 2.24) is 9.88 Å². The van der Waals surface area contributed by atoms with E-state index < -0.39 is 0 Å². The lowest BCUT2D eigenvalue weighted by Gasteiger charge is -2.36. The maximum absolute atomic E-state index is 12.9. The number of amides is 1. The minimum Gasteiger partial charge on any atom is -0.368 e. The van der Waals surface area contributed by atoms with Gasteiger partial charge in [-0.25, -0.2) is 4.98 Å². The summed E-state index contributed by atoms with van der Waals surface area (Å²) < 4.78 is 0. The minimum absolute atomic E-state index is 0.0131. The van der Waals surface area contributed by atoms with Gasteiger partial charge in [0, 0.05) is 42.9 Å². The lowest BCUT2D eigenvalue weighted by atomic mass is 10.1. The zero-order valence-electron chi connectivity index (χ0n) is 17.1. The Balaban J connectivity index is 1.39. The highest BCUT2D eigenvalue weighted by molar-refractivity contribution is 7.14. The molecule has 0 saturated carbocycles. The monoisotopic (exact) mass is 406 g/mol. The van der Waals surface area contributed by atoms with Crippen LogP contribution < -0.4 is 10.2 Å². The smallest absolute Gasteiger partial charge is 0.273 e. The van der Waals surface area contributed by atoms with Gasteiger partial charge in [-0.15, -0.1) is 11.3 Å². The first-order valence-electron chi connectivity index (χ1n) is 9.91. The van der Waals surface area contributed by atoms with Gasteiger partial charge in [0.2, 0.25) is 0 Å². The number of hydrogen-bond acceptors (Lipinski definition) is 5. The van der Waals surface area contributed by atoms with Crippen molar-refractivity contribution in [2.45, 2.75) is 20.8 Å². The Hall–Kier alpha value is -2.86. The van der Waals surface area contributed by atoms with Crippen LogP contribution in [0.25, 0.3) is 0 Å². The van der Waals surface area contributed by atoms with Gasteiger partial charge in [0.1, 0.15) is 5.69 Å². The van der Waals surface area contributed by atoms with Crippen LogP contribution in [0.2, 0.25) is 0 Å². The standard InChI is InChI=1S/C23H26N4OS/c1-16-6-4-8-19(14-16)24-23-25-20(15-29-23)22(28)27-12-10-26(11-13-27)21-9-5-7-17(2)18(21)3/h4-9,14-15H,10-13H2,1-3H3,(H,24,25). The van der Waals surface area contributed by atoms with Crippen LogP contribution in [0.3, 0.4) is 0 Å². The molecule has 0 spiro atoms. The number of benzene rings is 2. The largest absolute Gasteiger partial charge is 0.368 e. The summed E-state index contributed by atoms with van der Waals surface area (Å²) in [6.45, 7) is 9.47. The molecule has 2 aromatic carbocycles. The number of nitrogens with one attached hydrogen (secondary N) is 1. The van der Waals surface area contributed by atoms with Gasteiger partial charge in [0.15, 0.2) is 5.13 Å². The van der Waals surface area contributed by atoms with Crippen molar-refractivity contribution < 1.29 is 4.79 Å². The maximum atomic E-state index is 12.9. The molecule has 3 aromatic rings. The molecule has 0 atom stereocenters. The summed E-state index contributed by atoms with van der Waals surface area (Å²) in [4.78, 5) is 21.7. The van der Waals surface area contributed by atoms with Crippen molar-refractivity contribution in [2.75, 3.05) is 36.4 Å². The van der Waals surface area contributed by atoms with Crippen molar-refractivity contribution in [3.05, 3.63) is 70.2 Å². The van der Waals surface area contributed by atoms with E-state index in [1.807, 2.05) is 22.4 Å². The molecule has 1 aromatic heterocycles. The Morgan fingerprint density at radius 1 is 1.03 bits per heavy atom. The first kappa shape index (κ1) is 19.5. The van der Waals surface area contributed by atoms with Crippen molar-refractivity contribution in [1.29, 1.82) is 0 Å². The molecule has 0 unspecified atom stereocenters. The van der Waals surface area contributed by atoms with E-state index in [-0.39, 0.29) is 5.91 Å². The van der Waals surface area contributed by atoms with E-state index in [4.69, 9.17) is 0 Å². The van der Waals surface area contributed by atoms with Crippen LogP contribution in [0.1, 0.15) is 27.2 Å². The van der Waals surface area contributed by atoms with E-state index in [2.05, 4.69) is 66.3 Å². The van der Waals surface area contributed by atoms with Crippen molar-refractivity contribution in [3.8, 4) is 0 Å². The number of anilines is 3. The van der Waals surface area contributed by atoms with Crippen LogP contribution in [0.4, 0.5) is 16.5 Å². The second-order valence-corrected chi connectivity index (χ2v) is 8.39. The Morgan fingerprint density at radius 2 is 1.79 bits per heavy atom. The molecular formula is C23H26N4OS. The van der Waals surface area contributed by atoms with E-state index in [0.717, 1.165) is 23.9 Å². The third kappa shape index (κ3) is 4.27. The molecule has 5 nitrogen and oxygen atoms in total. The molecular weight excluding hydrogens is 380 g/mol. The Bertz CT molecular complexity index is 1020. The van der Waals surface area contributed by atoms with Crippen LogP contribution >= 0.6 is 11.3 Å². The van der Waals surface area contributed by atoms with Gasteiger partial charge in [-0.1, -0.05) is 24.3 Å².